The van der Waals surface area contributed by atoms with E-state index < -0.39 is 113 Å². The van der Waals surface area contributed by atoms with Crippen molar-refractivity contribution in [2.75, 3.05) is 13.2 Å². The molecule has 15 nitrogen and oxygen atoms in total. The smallest absolute Gasteiger partial charge is 0.331 e. The van der Waals surface area contributed by atoms with Gasteiger partial charge in [0.25, 0.3) is 0 Å². The summed E-state index contributed by atoms with van der Waals surface area (Å²) < 4.78 is 34.9. The molecule has 5 fully saturated rings. The number of hydrogen-bond donors (Lipinski definition) is 5. The standard InChI is InChI=1S/C35H50O15/c1-16-28(40)29(41)30(42)31(47-16)50-21-11-25(49-19(4)38)34(15-46-17(2)36)27-23(6-8-33(34,43)12-21)35(44)9-7-22(20-10-26(39)45-14-20)32(35,5)13-24(27)48-18(3)37/h10,16,21-25,27-31,40-44H,6-9,11-15H2,1-5H3/t16-,21-,22+,23+,24+,25+,27+,28-,29+,30+,31-,32+,33-,34+,35-/m0/s1. The molecule has 280 valence electrons. The monoisotopic (exact) mass is 710 g/mol. The summed E-state index contributed by atoms with van der Waals surface area (Å²) in [5.41, 5.74) is -4.93. The van der Waals surface area contributed by atoms with Gasteiger partial charge in [0.1, 0.15) is 43.7 Å². The van der Waals surface area contributed by atoms with Gasteiger partial charge < -0.3 is 54.0 Å². The summed E-state index contributed by atoms with van der Waals surface area (Å²) in [6.07, 6.45) is -7.39. The molecular formula is C35H50O15. The third-order valence-electron chi connectivity index (χ3n) is 13.0. The van der Waals surface area contributed by atoms with Crippen LogP contribution in [0.4, 0.5) is 0 Å². The van der Waals surface area contributed by atoms with Crippen molar-refractivity contribution in [2.45, 2.75) is 140 Å². The number of rotatable bonds is 7. The first kappa shape index (κ1) is 37.1. The third-order valence-corrected chi connectivity index (χ3v) is 13.0. The number of ether oxygens (including phenoxy) is 6. The molecule has 6 rings (SSSR count). The zero-order valence-corrected chi connectivity index (χ0v) is 29.1. The molecule has 50 heavy (non-hydrogen) atoms. The third kappa shape index (κ3) is 5.77. The number of aliphatic hydroxyl groups excluding tert-OH is 3. The van der Waals surface area contributed by atoms with Crippen LogP contribution in [-0.2, 0) is 47.6 Å². The fourth-order valence-corrected chi connectivity index (χ4v) is 10.9. The summed E-state index contributed by atoms with van der Waals surface area (Å²) in [7, 11) is 0. The molecule has 6 aliphatic rings. The van der Waals surface area contributed by atoms with Gasteiger partial charge in [-0.05, 0) is 56.4 Å². The van der Waals surface area contributed by atoms with Gasteiger partial charge in [-0.1, -0.05) is 6.92 Å². The predicted molar refractivity (Wildman–Crippen MR) is 167 cm³/mol. The number of cyclic esters (lactones) is 1. The van der Waals surface area contributed by atoms with Crippen molar-refractivity contribution >= 4 is 23.9 Å². The quantitative estimate of drug-likeness (QED) is 0.135. The highest BCUT2D eigenvalue weighted by molar-refractivity contribution is 5.85. The van der Waals surface area contributed by atoms with Gasteiger partial charge in [-0.25, -0.2) is 4.79 Å². The van der Waals surface area contributed by atoms with Crippen LogP contribution in [0.25, 0.3) is 0 Å². The van der Waals surface area contributed by atoms with E-state index in [2.05, 4.69) is 0 Å². The van der Waals surface area contributed by atoms with Crippen LogP contribution >= 0.6 is 0 Å². The molecule has 0 aromatic heterocycles. The Labute approximate surface area is 290 Å². The zero-order valence-electron chi connectivity index (χ0n) is 29.1. The van der Waals surface area contributed by atoms with Gasteiger partial charge in [-0.3, -0.25) is 14.4 Å². The molecule has 4 aliphatic carbocycles. The van der Waals surface area contributed by atoms with Crippen LogP contribution in [0.1, 0.15) is 79.6 Å². The topological polar surface area (TPSA) is 225 Å². The van der Waals surface area contributed by atoms with Crippen LogP contribution in [0.5, 0.6) is 0 Å². The Kier molecular flexibility index (Phi) is 9.71. The van der Waals surface area contributed by atoms with E-state index in [1.54, 1.807) is 0 Å². The lowest BCUT2D eigenvalue weighted by Gasteiger charge is -2.68. The lowest BCUT2D eigenvalue weighted by Crippen LogP contribution is -2.76. The average molecular weight is 711 g/mol. The lowest BCUT2D eigenvalue weighted by molar-refractivity contribution is -0.343. The first-order valence-corrected chi connectivity index (χ1v) is 17.5. The Balaban J connectivity index is 1.44. The molecule has 4 saturated carbocycles. The molecular weight excluding hydrogens is 660 g/mol. The molecule has 0 spiro atoms. The second-order valence-electron chi connectivity index (χ2n) is 15.6. The Hall–Kier alpha value is -2.66. The van der Waals surface area contributed by atoms with Crippen LogP contribution in [0.15, 0.2) is 11.6 Å². The van der Waals surface area contributed by atoms with E-state index in [0.717, 1.165) is 5.57 Å². The fraction of sp³-hybridized carbons (Fsp3) is 0.829. The minimum absolute atomic E-state index is 0.0407. The maximum absolute atomic E-state index is 12.9. The SMILES string of the molecule is CC(=O)OC[C@@]12[C@@H]3[C@@H](CC[C@]1(O)C[C@@H](O[C@@H]1O[C@@H](C)[C@H](O)[C@@H](O)[C@H]1O)C[C@H]2OC(C)=O)[C@@]1(O)CC[C@H](C2=CC(=O)OC2)[C@@]1(C)C[C@H]3OC(C)=O. The van der Waals surface area contributed by atoms with E-state index >= 15 is 0 Å². The first-order chi connectivity index (χ1) is 23.4. The summed E-state index contributed by atoms with van der Waals surface area (Å²) in [5.74, 6) is -4.21. The fourth-order valence-electron chi connectivity index (χ4n) is 10.9. The minimum Gasteiger partial charge on any atom is -0.465 e. The normalized spacial score (nSPS) is 48.3. The molecule has 5 N–H and O–H groups in total. The molecule has 2 heterocycles. The van der Waals surface area contributed by atoms with E-state index in [1.807, 2.05) is 6.92 Å². The van der Waals surface area contributed by atoms with Crippen molar-refractivity contribution in [3.05, 3.63) is 11.6 Å². The van der Waals surface area contributed by atoms with E-state index in [9.17, 15) is 44.7 Å². The lowest BCUT2D eigenvalue weighted by atomic mass is 9.40. The Morgan fingerprint density at radius 1 is 0.940 bits per heavy atom. The highest BCUT2D eigenvalue weighted by atomic mass is 16.7. The Morgan fingerprint density at radius 3 is 2.26 bits per heavy atom. The van der Waals surface area contributed by atoms with Gasteiger partial charge in [0.05, 0.1) is 28.8 Å². The van der Waals surface area contributed by atoms with Crippen LogP contribution in [-0.4, -0.2) is 123 Å². The van der Waals surface area contributed by atoms with Gasteiger partial charge in [0.15, 0.2) is 6.29 Å². The molecule has 2 aliphatic heterocycles. The number of hydrogen-bond acceptors (Lipinski definition) is 15. The van der Waals surface area contributed by atoms with Crippen LogP contribution in [0.3, 0.4) is 0 Å². The largest absolute Gasteiger partial charge is 0.465 e. The Morgan fingerprint density at radius 2 is 1.64 bits per heavy atom. The maximum Gasteiger partial charge on any atom is 0.331 e. The maximum atomic E-state index is 12.9. The minimum atomic E-state index is -1.80. The van der Waals surface area contributed by atoms with Crippen molar-refractivity contribution < 1.29 is 73.1 Å². The van der Waals surface area contributed by atoms with E-state index in [4.69, 9.17) is 28.4 Å². The predicted octanol–water partition coefficient (Wildman–Crippen LogP) is 0.197. The summed E-state index contributed by atoms with van der Waals surface area (Å²) in [6, 6.07) is 0. The molecule has 0 bridgehead atoms. The molecule has 0 radical (unpaired) electrons. The van der Waals surface area contributed by atoms with E-state index in [-0.39, 0.29) is 44.6 Å². The van der Waals surface area contributed by atoms with Crippen molar-refractivity contribution in [1.29, 1.82) is 0 Å². The molecule has 0 aromatic carbocycles. The number of carbonyl (C=O) groups excluding carboxylic acids is 4. The summed E-state index contributed by atoms with van der Waals surface area (Å²) in [4.78, 5) is 50.2. The number of carbonyl (C=O) groups is 4. The van der Waals surface area contributed by atoms with Crippen molar-refractivity contribution in [3.63, 3.8) is 0 Å². The van der Waals surface area contributed by atoms with Crippen molar-refractivity contribution in [2.24, 2.45) is 28.6 Å². The first-order valence-electron chi connectivity index (χ1n) is 17.5. The van der Waals surface area contributed by atoms with E-state index in [1.165, 1.54) is 33.8 Å². The molecule has 0 aromatic rings. The Bertz CT molecular complexity index is 1420. The van der Waals surface area contributed by atoms with Crippen molar-refractivity contribution in [3.8, 4) is 0 Å². The van der Waals surface area contributed by atoms with Crippen LogP contribution < -0.4 is 0 Å². The summed E-state index contributed by atoms with van der Waals surface area (Å²) in [6.45, 7) is 6.78. The molecule has 15 atom stereocenters. The van der Waals surface area contributed by atoms with Gasteiger partial charge in [-0.15, -0.1) is 0 Å². The average Bonchev–Trinajstić information content (AvgIpc) is 3.56. The molecule has 0 amide bonds. The van der Waals surface area contributed by atoms with Gasteiger partial charge in [0, 0.05) is 51.0 Å². The van der Waals surface area contributed by atoms with Crippen LogP contribution in [0, 0.1) is 28.6 Å². The highest BCUT2D eigenvalue weighted by Gasteiger charge is 2.77. The molecule has 15 heteroatoms. The second kappa shape index (κ2) is 13.1. The number of esters is 4. The van der Waals surface area contributed by atoms with Crippen molar-refractivity contribution in [1.82, 2.24) is 0 Å². The molecule has 0 unspecified atom stereocenters. The summed E-state index contributed by atoms with van der Waals surface area (Å²) in [5, 5.41) is 57.2. The van der Waals surface area contributed by atoms with Gasteiger partial charge in [-0.2, -0.15) is 0 Å². The second-order valence-corrected chi connectivity index (χ2v) is 15.6. The van der Waals surface area contributed by atoms with Crippen LogP contribution in [0.2, 0.25) is 0 Å². The number of fused-ring (bicyclic) bond motifs is 5. The highest BCUT2D eigenvalue weighted by Crippen LogP contribution is 2.71. The van der Waals surface area contributed by atoms with Gasteiger partial charge >= 0.3 is 23.9 Å². The van der Waals surface area contributed by atoms with Gasteiger partial charge in [0.2, 0.25) is 0 Å². The zero-order chi connectivity index (χ0) is 36.6. The molecule has 1 saturated heterocycles. The number of aliphatic hydroxyl groups is 5. The summed E-state index contributed by atoms with van der Waals surface area (Å²) >= 11 is 0. The van der Waals surface area contributed by atoms with E-state index in [0.29, 0.717) is 12.8 Å².